The van der Waals surface area contributed by atoms with Gasteiger partial charge in [-0.15, -0.1) is 0 Å². The summed E-state index contributed by atoms with van der Waals surface area (Å²) in [5.74, 6) is -0.173. The van der Waals surface area contributed by atoms with Gasteiger partial charge >= 0.3 is 5.97 Å². The molecule has 10 heteroatoms. The van der Waals surface area contributed by atoms with Crippen molar-refractivity contribution in [3.63, 3.8) is 0 Å². The first-order valence-corrected chi connectivity index (χ1v) is 7.41. The third kappa shape index (κ3) is 4.13. The third-order valence-electron chi connectivity index (χ3n) is 2.67. The molecule has 0 aliphatic rings. The number of anilines is 2. The number of esters is 1. The summed E-state index contributed by atoms with van der Waals surface area (Å²) in [6, 6.07) is 2.94. The Morgan fingerprint density at radius 3 is 2.48 bits per heavy atom. The summed E-state index contributed by atoms with van der Waals surface area (Å²) in [6.45, 7) is -0.217. The van der Waals surface area contributed by atoms with E-state index < -0.39 is 5.97 Å². The number of ether oxygens (including phenoxy) is 1. The lowest BCUT2D eigenvalue weighted by molar-refractivity contribution is 0.0462. The highest BCUT2D eigenvalue weighted by molar-refractivity contribution is 6.46. The minimum Gasteiger partial charge on any atom is -0.454 e. The molecule has 0 amide bonds. The first-order chi connectivity index (χ1) is 10.8. The largest absolute Gasteiger partial charge is 0.454 e. The van der Waals surface area contributed by atoms with Gasteiger partial charge < -0.3 is 15.4 Å². The molecule has 122 valence electrons. The van der Waals surface area contributed by atoms with Gasteiger partial charge in [0, 0.05) is 14.1 Å². The van der Waals surface area contributed by atoms with Gasteiger partial charge in [0.2, 0.25) is 11.9 Å². The van der Waals surface area contributed by atoms with E-state index in [1.165, 1.54) is 12.1 Å². The Kier molecular flexibility index (Phi) is 5.46. The van der Waals surface area contributed by atoms with Crippen molar-refractivity contribution in [3.8, 4) is 0 Å². The molecule has 0 saturated carbocycles. The van der Waals surface area contributed by atoms with Crippen LogP contribution >= 0.6 is 34.8 Å². The Hall–Kier alpha value is -1.83. The number of carbonyl (C=O) groups is 1. The lowest BCUT2D eigenvalue weighted by Gasteiger charge is -2.12. The molecule has 0 atom stereocenters. The maximum Gasteiger partial charge on any atom is 0.341 e. The van der Waals surface area contributed by atoms with Crippen molar-refractivity contribution in [3.05, 3.63) is 38.6 Å². The van der Waals surface area contributed by atoms with Crippen molar-refractivity contribution < 1.29 is 9.53 Å². The molecule has 0 radical (unpaired) electrons. The van der Waals surface area contributed by atoms with E-state index in [0.29, 0.717) is 5.95 Å². The van der Waals surface area contributed by atoms with Crippen LogP contribution in [-0.4, -0.2) is 35.0 Å². The fraction of sp³-hybridized carbons (Fsp3) is 0.231. The number of carbonyl (C=O) groups excluding carboxylic acids is 1. The number of nitrogens with zero attached hydrogens (tertiary/aromatic N) is 4. The summed E-state index contributed by atoms with van der Waals surface area (Å²) in [6.07, 6.45) is 0. The number of hydrogen-bond acceptors (Lipinski definition) is 7. The van der Waals surface area contributed by atoms with Gasteiger partial charge in [0.25, 0.3) is 0 Å². The quantitative estimate of drug-likeness (QED) is 0.647. The predicted octanol–water partition coefficient (Wildman–Crippen LogP) is 2.84. The molecule has 0 aliphatic heterocycles. The molecule has 7 nitrogen and oxygen atoms in total. The normalized spacial score (nSPS) is 10.5. The van der Waals surface area contributed by atoms with Crippen molar-refractivity contribution in [2.75, 3.05) is 24.7 Å². The van der Waals surface area contributed by atoms with Gasteiger partial charge in [-0.05, 0) is 12.1 Å². The van der Waals surface area contributed by atoms with Crippen LogP contribution in [0.25, 0.3) is 0 Å². The zero-order valence-corrected chi connectivity index (χ0v) is 14.4. The number of aromatic nitrogens is 3. The van der Waals surface area contributed by atoms with Crippen LogP contribution in [0.4, 0.5) is 11.9 Å². The second-order valence-corrected chi connectivity index (χ2v) is 5.79. The number of nitrogen functional groups attached to an aromatic ring is 1. The van der Waals surface area contributed by atoms with Crippen LogP contribution in [0.1, 0.15) is 16.2 Å². The Bertz CT molecular complexity index is 755. The van der Waals surface area contributed by atoms with Gasteiger partial charge in [0.15, 0.2) is 12.4 Å². The van der Waals surface area contributed by atoms with Gasteiger partial charge in [0.1, 0.15) is 0 Å². The number of rotatable bonds is 4. The Morgan fingerprint density at radius 1 is 1.17 bits per heavy atom. The lowest BCUT2D eigenvalue weighted by atomic mass is 10.2. The molecule has 0 saturated heterocycles. The zero-order chi connectivity index (χ0) is 17.1. The molecule has 0 unspecified atom stereocenters. The van der Waals surface area contributed by atoms with Crippen LogP contribution in [0.3, 0.4) is 0 Å². The fourth-order valence-electron chi connectivity index (χ4n) is 1.61. The maximum atomic E-state index is 12.2. The summed E-state index contributed by atoms with van der Waals surface area (Å²) in [4.78, 5) is 25.8. The molecular weight excluding hydrogens is 365 g/mol. The van der Waals surface area contributed by atoms with Crippen molar-refractivity contribution in [1.82, 2.24) is 15.0 Å². The summed E-state index contributed by atoms with van der Waals surface area (Å²) in [7, 11) is 3.49. The molecule has 0 bridgehead atoms. The standard InChI is InChI=1S/C13H12Cl3N5O2/c1-21(2)13-19-8(18-12(17)20-13)5-23-11(22)9-6(14)3-4-7(15)10(9)16/h3-4H,5H2,1-2H3,(H2,17,18,19,20). The molecule has 1 aromatic heterocycles. The smallest absolute Gasteiger partial charge is 0.341 e. The minimum atomic E-state index is -0.743. The van der Waals surface area contributed by atoms with E-state index in [0.717, 1.165) is 0 Å². The van der Waals surface area contributed by atoms with E-state index in [1.54, 1.807) is 19.0 Å². The topological polar surface area (TPSA) is 94.2 Å². The fourth-order valence-corrected chi connectivity index (χ4v) is 2.29. The molecule has 2 N–H and O–H groups in total. The number of benzene rings is 1. The average Bonchev–Trinajstić information content (AvgIpc) is 2.49. The van der Waals surface area contributed by atoms with E-state index in [-0.39, 0.29) is 39.0 Å². The van der Waals surface area contributed by atoms with Crippen LogP contribution < -0.4 is 10.6 Å². The van der Waals surface area contributed by atoms with Crippen molar-refractivity contribution >= 4 is 52.7 Å². The third-order valence-corrected chi connectivity index (χ3v) is 3.79. The van der Waals surface area contributed by atoms with Gasteiger partial charge in [-0.1, -0.05) is 34.8 Å². The van der Waals surface area contributed by atoms with Gasteiger partial charge in [-0.2, -0.15) is 15.0 Å². The zero-order valence-electron chi connectivity index (χ0n) is 12.2. The summed E-state index contributed by atoms with van der Waals surface area (Å²) in [5.41, 5.74) is 5.58. The Labute approximate surface area is 147 Å². The predicted molar refractivity (Wildman–Crippen MR) is 89.2 cm³/mol. The maximum absolute atomic E-state index is 12.2. The van der Waals surface area contributed by atoms with E-state index in [4.69, 9.17) is 45.3 Å². The van der Waals surface area contributed by atoms with E-state index in [2.05, 4.69) is 15.0 Å². The Morgan fingerprint density at radius 2 is 1.83 bits per heavy atom. The van der Waals surface area contributed by atoms with Crippen molar-refractivity contribution in [2.45, 2.75) is 6.61 Å². The SMILES string of the molecule is CN(C)c1nc(N)nc(COC(=O)c2c(Cl)ccc(Cl)c2Cl)n1. The van der Waals surface area contributed by atoms with Crippen LogP contribution in [0.2, 0.25) is 15.1 Å². The highest BCUT2D eigenvalue weighted by Crippen LogP contribution is 2.32. The second kappa shape index (κ2) is 7.16. The molecule has 0 spiro atoms. The Balaban J connectivity index is 2.19. The summed E-state index contributed by atoms with van der Waals surface area (Å²) >= 11 is 17.8. The highest BCUT2D eigenvalue weighted by atomic mass is 35.5. The number of halogens is 3. The average molecular weight is 377 g/mol. The van der Waals surface area contributed by atoms with E-state index in [9.17, 15) is 4.79 Å². The number of hydrogen-bond donors (Lipinski definition) is 1. The first kappa shape index (κ1) is 17.5. The summed E-state index contributed by atoms with van der Waals surface area (Å²) < 4.78 is 5.13. The lowest BCUT2D eigenvalue weighted by Crippen LogP contribution is -2.17. The second-order valence-electron chi connectivity index (χ2n) is 4.60. The van der Waals surface area contributed by atoms with Crippen LogP contribution in [0, 0.1) is 0 Å². The van der Waals surface area contributed by atoms with Crippen LogP contribution in [0.5, 0.6) is 0 Å². The molecule has 23 heavy (non-hydrogen) atoms. The van der Waals surface area contributed by atoms with E-state index >= 15 is 0 Å². The van der Waals surface area contributed by atoms with Gasteiger partial charge in [0.05, 0.1) is 20.6 Å². The first-order valence-electron chi connectivity index (χ1n) is 6.28. The van der Waals surface area contributed by atoms with Crippen LogP contribution in [-0.2, 0) is 11.3 Å². The molecular formula is C13H12Cl3N5O2. The molecule has 0 fully saturated rings. The molecule has 2 aromatic rings. The van der Waals surface area contributed by atoms with Gasteiger partial charge in [-0.25, -0.2) is 4.79 Å². The molecule has 1 heterocycles. The highest BCUT2D eigenvalue weighted by Gasteiger charge is 2.19. The molecule has 1 aromatic carbocycles. The van der Waals surface area contributed by atoms with Gasteiger partial charge in [-0.3, -0.25) is 0 Å². The monoisotopic (exact) mass is 375 g/mol. The van der Waals surface area contributed by atoms with E-state index in [1.807, 2.05) is 0 Å². The molecule has 0 aliphatic carbocycles. The minimum absolute atomic E-state index is 0.0179. The molecule has 2 rings (SSSR count). The van der Waals surface area contributed by atoms with Crippen LogP contribution in [0.15, 0.2) is 12.1 Å². The number of nitrogens with two attached hydrogens (primary N) is 1. The summed E-state index contributed by atoms with van der Waals surface area (Å²) in [5, 5.41) is 0.351. The van der Waals surface area contributed by atoms with Crippen molar-refractivity contribution in [1.29, 1.82) is 0 Å². The van der Waals surface area contributed by atoms with Crippen molar-refractivity contribution in [2.24, 2.45) is 0 Å².